The minimum atomic E-state index is 0.763. The first kappa shape index (κ1) is 8.12. The van der Waals surface area contributed by atoms with E-state index in [0.29, 0.717) is 0 Å². The Hall–Kier alpha value is -1.22. The lowest BCUT2D eigenvalue weighted by Gasteiger charge is -2.08. The summed E-state index contributed by atoms with van der Waals surface area (Å²) in [4.78, 5) is 0. The molecular formula is C11H13NO2. The molecule has 3 nitrogen and oxygen atoms in total. The number of benzene rings is 1. The van der Waals surface area contributed by atoms with Crippen molar-refractivity contribution in [3.8, 4) is 11.5 Å². The molecule has 2 heterocycles. The van der Waals surface area contributed by atoms with E-state index in [1.807, 2.05) is 0 Å². The van der Waals surface area contributed by atoms with Crippen molar-refractivity contribution in [3.05, 3.63) is 23.3 Å². The highest BCUT2D eigenvalue weighted by Crippen LogP contribution is 2.34. The van der Waals surface area contributed by atoms with Crippen LogP contribution in [0.1, 0.15) is 17.5 Å². The fraction of sp³-hybridized carbons (Fsp3) is 0.455. The molecule has 0 amide bonds. The average molecular weight is 191 g/mol. The molecular weight excluding hydrogens is 178 g/mol. The maximum absolute atomic E-state index is 5.62. The Morgan fingerprint density at radius 2 is 1.50 bits per heavy atom. The van der Waals surface area contributed by atoms with E-state index in [9.17, 15) is 0 Å². The predicted molar refractivity (Wildman–Crippen MR) is 52.6 cm³/mol. The monoisotopic (exact) mass is 191 g/mol. The van der Waals surface area contributed by atoms with Crippen molar-refractivity contribution in [1.82, 2.24) is 5.32 Å². The normalized spacial score (nSPS) is 18.9. The molecule has 74 valence electrons. The van der Waals surface area contributed by atoms with Crippen LogP contribution in [0.4, 0.5) is 0 Å². The average Bonchev–Trinajstić information content (AvgIpc) is 2.51. The standard InChI is InChI=1S/C11H13NO2/c1-2-13-10-4-8-6-12-7-9(8)5-11(10)14-3-1/h4-5,12H,1-3,6-7H2. The fourth-order valence-corrected chi connectivity index (χ4v) is 1.95. The first-order chi connectivity index (χ1) is 6.93. The lowest BCUT2D eigenvalue weighted by molar-refractivity contribution is 0.297. The van der Waals surface area contributed by atoms with Gasteiger partial charge in [-0.05, 0) is 23.3 Å². The second-order valence-electron chi connectivity index (χ2n) is 3.72. The van der Waals surface area contributed by atoms with Crippen LogP contribution in [0.5, 0.6) is 11.5 Å². The summed E-state index contributed by atoms with van der Waals surface area (Å²) in [5.74, 6) is 1.81. The highest BCUT2D eigenvalue weighted by molar-refractivity contribution is 5.48. The molecule has 2 aliphatic heterocycles. The topological polar surface area (TPSA) is 30.5 Å². The first-order valence-electron chi connectivity index (χ1n) is 5.05. The van der Waals surface area contributed by atoms with E-state index >= 15 is 0 Å². The Morgan fingerprint density at radius 1 is 0.929 bits per heavy atom. The van der Waals surface area contributed by atoms with Gasteiger partial charge in [0.1, 0.15) is 0 Å². The molecule has 0 bridgehead atoms. The number of fused-ring (bicyclic) bond motifs is 2. The molecule has 3 heteroatoms. The second-order valence-corrected chi connectivity index (χ2v) is 3.72. The number of hydrogen-bond acceptors (Lipinski definition) is 3. The Balaban J connectivity index is 2.06. The Bertz CT molecular complexity index is 330. The predicted octanol–water partition coefficient (Wildman–Crippen LogP) is 1.45. The summed E-state index contributed by atoms with van der Waals surface area (Å²) >= 11 is 0. The molecule has 1 aromatic carbocycles. The van der Waals surface area contributed by atoms with Crippen molar-refractivity contribution in [2.75, 3.05) is 13.2 Å². The molecule has 0 saturated heterocycles. The van der Waals surface area contributed by atoms with Crippen molar-refractivity contribution in [2.24, 2.45) is 0 Å². The van der Waals surface area contributed by atoms with Crippen molar-refractivity contribution < 1.29 is 9.47 Å². The highest BCUT2D eigenvalue weighted by Gasteiger charge is 2.17. The fourth-order valence-electron chi connectivity index (χ4n) is 1.95. The van der Waals surface area contributed by atoms with Crippen LogP contribution < -0.4 is 14.8 Å². The van der Waals surface area contributed by atoms with Crippen LogP contribution >= 0.6 is 0 Å². The third kappa shape index (κ3) is 1.24. The molecule has 1 aromatic rings. The van der Waals surface area contributed by atoms with Crippen molar-refractivity contribution in [3.63, 3.8) is 0 Å². The van der Waals surface area contributed by atoms with Crippen LogP contribution in [-0.2, 0) is 13.1 Å². The minimum Gasteiger partial charge on any atom is -0.490 e. The van der Waals surface area contributed by atoms with E-state index in [-0.39, 0.29) is 0 Å². The maximum atomic E-state index is 5.62. The summed E-state index contributed by atoms with van der Waals surface area (Å²) in [5.41, 5.74) is 2.68. The molecule has 2 aliphatic rings. The van der Waals surface area contributed by atoms with E-state index in [2.05, 4.69) is 17.4 Å². The third-order valence-electron chi connectivity index (χ3n) is 2.70. The van der Waals surface area contributed by atoms with E-state index in [1.165, 1.54) is 11.1 Å². The highest BCUT2D eigenvalue weighted by atomic mass is 16.5. The van der Waals surface area contributed by atoms with Gasteiger partial charge in [-0.1, -0.05) is 0 Å². The SMILES string of the molecule is c1c2c(cc3c1OCCCO3)CNC2. The number of ether oxygens (including phenoxy) is 2. The summed E-state index contributed by atoms with van der Waals surface area (Å²) in [6.07, 6.45) is 0.970. The van der Waals surface area contributed by atoms with Gasteiger partial charge in [-0.3, -0.25) is 0 Å². The summed E-state index contributed by atoms with van der Waals surface area (Å²) in [5, 5.41) is 3.32. The van der Waals surface area contributed by atoms with Crippen LogP contribution in [0, 0.1) is 0 Å². The summed E-state index contributed by atoms with van der Waals surface area (Å²) in [6, 6.07) is 4.21. The van der Waals surface area contributed by atoms with Crippen molar-refractivity contribution in [2.45, 2.75) is 19.5 Å². The van der Waals surface area contributed by atoms with Gasteiger partial charge in [0.05, 0.1) is 13.2 Å². The van der Waals surface area contributed by atoms with Crippen LogP contribution in [0.15, 0.2) is 12.1 Å². The maximum Gasteiger partial charge on any atom is 0.161 e. The molecule has 0 atom stereocenters. The molecule has 3 rings (SSSR count). The van der Waals surface area contributed by atoms with Gasteiger partial charge in [-0.2, -0.15) is 0 Å². The van der Waals surface area contributed by atoms with Crippen LogP contribution in [-0.4, -0.2) is 13.2 Å². The smallest absolute Gasteiger partial charge is 0.161 e. The molecule has 0 aromatic heterocycles. The van der Waals surface area contributed by atoms with E-state index in [1.54, 1.807) is 0 Å². The van der Waals surface area contributed by atoms with Gasteiger partial charge >= 0.3 is 0 Å². The largest absolute Gasteiger partial charge is 0.490 e. The van der Waals surface area contributed by atoms with Gasteiger partial charge in [-0.15, -0.1) is 0 Å². The minimum absolute atomic E-state index is 0.763. The second kappa shape index (κ2) is 3.17. The summed E-state index contributed by atoms with van der Waals surface area (Å²) < 4.78 is 11.2. The summed E-state index contributed by atoms with van der Waals surface area (Å²) in [6.45, 7) is 3.43. The number of hydrogen-bond donors (Lipinski definition) is 1. The molecule has 0 fully saturated rings. The number of nitrogens with one attached hydrogen (secondary N) is 1. The van der Waals surface area contributed by atoms with Gasteiger partial charge in [-0.25, -0.2) is 0 Å². The van der Waals surface area contributed by atoms with Crippen LogP contribution in [0.2, 0.25) is 0 Å². The third-order valence-corrected chi connectivity index (χ3v) is 2.70. The van der Waals surface area contributed by atoms with Crippen molar-refractivity contribution in [1.29, 1.82) is 0 Å². The van der Waals surface area contributed by atoms with Crippen LogP contribution in [0.3, 0.4) is 0 Å². The van der Waals surface area contributed by atoms with Gasteiger partial charge in [0.2, 0.25) is 0 Å². The Morgan fingerprint density at radius 3 is 2.07 bits per heavy atom. The molecule has 0 saturated carbocycles. The molecule has 0 unspecified atom stereocenters. The molecule has 1 N–H and O–H groups in total. The van der Waals surface area contributed by atoms with Gasteiger partial charge in [0.15, 0.2) is 11.5 Å². The lowest BCUT2D eigenvalue weighted by Crippen LogP contribution is -2.00. The zero-order chi connectivity index (χ0) is 9.38. The molecule has 0 radical (unpaired) electrons. The lowest BCUT2D eigenvalue weighted by atomic mass is 10.1. The molecule has 0 spiro atoms. The van der Waals surface area contributed by atoms with E-state index < -0.39 is 0 Å². The number of rotatable bonds is 0. The van der Waals surface area contributed by atoms with Gasteiger partial charge in [0.25, 0.3) is 0 Å². The van der Waals surface area contributed by atoms with E-state index in [4.69, 9.17) is 9.47 Å². The zero-order valence-electron chi connectivity index (χ0n) is 8.01. The first-order valence-corrected chi connectivity index (χ1v) is 5.05. The molecule has 0 aliphatic carbocycles. The van der Waals surface area contributed by atoms with Gasteiger partial charge < -0.3 is 14.8 Å². The van der Waals surface area contributed by atoms with Crippen LogP contribution in [0.25, 0.3) is 0 Å². The van der Waals surface area contributed by atoms with Gasteiger partial charge in [0, 0.05) is 19.5 Å². The van der Waals surface area contributed by atoms with Crippen molar-refractivity contribution >= 4 is 0 Å². The zero-order valence-corrected chi connectivity index (χ0v) is 8.01. The summed E-state index contributed by atoms with van der Waals surface area (Å²) in [7, 11) is 0. The van der Waals surface area contributed by atoms with E-state index in [0.717, 1.165) is 44.2 Å². The molecule has 14 heavy (non-hydrogen) atoms. The Kier molecular flexibility index (Phi) is 1.84. The quantitative estimate of drug-likeness (QED) is 0.673. The Labute approximate surface area is 83.0 Å².